The van der Waals surface area contributed by atoms with Gasteiger partial charge in [0.1, 0.15) is 11.7 Å². The number of aryl methyl sites for hydroxylation is 1. The molecule has 0 radical (unpaired) electrons. The molecule has 162 valence electrons. The monoisotopic (exact) mass is 494 g/mol. The number of carbonyl (C=O) groups is 1. The van der Waals surface area contributed by atoms with Gasteiger partial charge in [-0.3, -0.25) is 15.5 Å². The van der Waals surface area contributed by atoms with Gasteiger partial charge in [-0.05, 0) is 47.1 Å². The molecule has 7 nitrogen and oxygen atoms in total. The molecule has 0 spiro atoms. The molecule has 1 aromatic carbocycles. The molecule has 2 rings (SSSR count). The van der Waals surface area contributed by atoms with E-state index >= 15 is 0 Å². The Morgan fingerprint density at radius 2 is 1.87 bits per heavy atom. The van der Waals surface area contributed by atoms with E-state index in [1.165, 1.54) is 9.78 Å². The summed E-state index contributed by atoms with van der Waals surface area (Å²) in [6, 6.07) is 7.27. The van der Waals surface area contributed by atoms with E-state index in [2.05, 4.69) is 65.7 Å². The zero-order valence-corrected chi connectivity index (χ0v) is 20.5. The highest BCUT2D eigenvalue weighted by Gasteiger charge is 2.30. The second-order valence-electron chi connectivity index (χ2n) is 8.29. The van der Waals surface area contributed by atoms with Crippen molar-refractivity contribution in [1.29, 1.82) is 0 Å². The zero-order chi connectivity index (χ0) is 22.8. The Bertz CT molecular complexity index is 1010. The van der Waals surface area contributed by atoms with Gasteiger partial charge in [-0.2, -0.15) is 0 Å². The Labute approximate surface area is 189 Å². The average molecular weight is 495 g/mol. The third-order valence-electron chi connectivity index (χ3n) is 4.45. The highest BCUT2D eigenvalue weighted by atomic mass is 79.9. The van der Waals surface area contributed by atoms with E-state index in [1.807, 2.05) is 0 Å². The van der Waals surface area contributed by atoms with Crippen LogP contribution in [0.15, 0.2) is 33.7 Å². The normalized spacial score (nSPS) is 14.0. The van der Waals surface area contributed by atoms with Crippen LogP contribution in [0.2, 0.25) is 0 Å². The Balaban J connectivity index is 2.47. The van der Waals surface area contributed by atoms with E-state index in [-0.39, 0.29) is 46.0 Å². The molecule has 6 N–H and O–H groups in total. The van der Waals surface area contributed by atoms with Gasteiger partial charge in [-0.15, -0.1) is 11.3 Å². The van der Waals surface area contributed by atoms with Crippen molar-refractivity contribution in [2.24, 2.45) is 21.9 Å². The second-order valence-corrected chi connectivity index (χ2v) is 10.5. The number of amidine groups is 2. The van der Waals surface area contributed by atoms with Crippen LogP contribution in [0.5, 0.6) is 5.75 Å². The SMILES string of the molecule is Cc1ccc([C@H]([NH+]=C(N)C(N)=Nc2ccc(Br)c(C(=O)N(C)C)c2O)C(C)(C)C)s1. The lowest BCUT2D eigenvalue weighted by molar-refractivity contribution is -0.528. The van der Waals surface area contributed by atoms with Gasteiger partial charge in [-0.1, -0.05) is 20.8 Å². The number of thiophene rings is 1. The number of phenols is 1. The number of hydrogen-bond donors (Lipinski definition) is 4. The molecule has 0 bridgehead atoms. The van der Waals surface area contributed by atoms with Gasteiger partial charge >= 0.3 is 5.84 Å². The van der Waals surface area contributed by atoms with Crippen molar-refractivity contribution in [1.82, 2.24) is 4.90 Å². The van der Waals surface area contributed by atoms with Crippen LogP contribution < -0.4 is 16.5 Å². The summed E-state index contributed by atoms with van der Waals surface area (Å²) in [5, 5.41) is 10.6. The summed E-state index contributed by atoms with van der Waals surface area (Å²) in [4.78, 5) is 23.6. The number of halogens is 1. The Kier molecular flexibility index (Phi) is 7.31. The van der Waals surface area contributed by atoms with Gasteiger partial charge in [-0.25, -0.2) is 4.99 Å². The van der Waals surface area contributed by atoms with Crippen LogP contribution in [0.25, 0.3) is 0 Å². The first-order valence-electron chi connectivity index (χ1n) is 9.35. The fourth-order valence-corrected chi connectivity index (χ4v) is 4.48. The topological polar surface area (TPSA) is 119 Å². The average Bonchev–Trinajstić information content (AvgIpc) is 3.06. The number of aliphatic imine (C=N–C) groups is 1. The largest absolute Gasteiger partial charge is 0.505 e. The van der Waals surface area contributed by atoms with Crippen molar-refractivity contribution in [3.05, 3.63) is 44.1 Å². The fraction of sp³-hybridized carbons (Fsp3) is 0.381. The van der Waals surface area contributed by atoms with E-state index in [4.69, 9.17) is 11.5 Å². The first kappa shape index (κ1) is 23.9. The van der Waals surface area contributed by atoms with Crippen LogP contribution in [0, 0.1) is 12.3 Å². The van der Waals surface area contributed by atoms with Crippen molar-refractivity contribution in [2.75, 3.05) is 14.1 Å². The molecule has 1 heterocycles. The number of amides is 1. The molecule has 2 aromatic rings. The summed E-state index contributed by atoms with van der Waals surface area (Å²) in [5.41, 5.74) is 12.5. The molecular formula is C21H29BrN5O2S+. The van der Waals surface area contributed by atoms with Gasteiger partial charge in [0.15, 0.2) is 5.75 Å². The summed E-state index contributed by atoms with van der Waals surface area (Å²) >= 11 is 4.99. The fourth-order valence-electron chi connectivity index (χ4n) is 2.82. The number of carbonyl (C=O) groups excluding carboxylic acids is 1. The number of aromatic hydroxyl groups is 1. The molecule has 0 saturated heterocycles. The first-order valence-corrected chi connectivity index (χ1v) is 11.0. The molecule has 1 aromatic heterocycles. The minimum atomic E-state index is -0.356. The van der Waals surface area contributed by atoms with Gasteiger partial charge in [0, 0.05) is 33.7 Å². The van der Waals surface area contributed by atoms with Gasteiger partial charge in [0.05, 0.1) is 5.56 Å². The minimum absolute atomic E-state index is 0.0263. The lowest BCUT2D eigenvalue weighted by Crippen LogP contribution is -2.81. The Hall–Kier alpha value is -2.39. The number of benzene rings is 1. The van der Waals surface area contributed by atoms with Crippen molar-refractivity contribution in [3.8, 4) is 5.75 Å². The van der Waals surface area contributed by atoms with Crippen molar-refractivity contribution >= 4 is 50.5 Å². The van der Waals surface area contributed by atoms with E-state index in [0.717, 1.165) is 4.88 Å². The van der Waals surface area contributed by atoms with Crippen LogP contribution in [0.3, 0.4) is 0 Å². The molecule has 0 saturated carbocycles. The van der Waals surface area contributed by atoms with Crippen molar-refractivity contribution in [3.63, 3.8) is 0 Å². The maximum absolute atomic E-state index is 12.4. The summed E-state index contributed by atoms with van der Waals surface area (Å²) in [5.74, 6) is -0.395. The number of nitrogens with two attached hydrogens (primary N) is 2. The number of phenolic OH excluding ortho intramolecular Hbond substituents is 1. The molecule has 9 heteroatoms. The standard InChI is InChI=1S/C21H28BrN5O2S/c1-11-7-10-14(30-11)17(21(2,3)4)26-19(24)18(23)25-13-9-8-12(22)15(16(13)28)20(29)27(5)6/h7-10,17,28H,1-6H3,(H2,23,25)(H2,24,26)/p+1/t17-/m0/s1. The predicted molar refractivity (Wildman–Crippen MR) is 127 cm³/mol. The van der Waals surface area contributed by atoms with E-state index in [0.29, 0.717) is 4.47 Å². The summed E-state index contributed by atoms with van der Waals surface area (Å²) in [6.45, 7) is 8.39. The molecule has 0 aliphatic heterocycles. The quantitative estimate of drug-likeness (QED) is 0.385. The van der Waals surface area contributed by atoms with Crippen LogP contribution >= 0.6 is 27.3 Å². The lowest BCUT2D eigenvalue weighted by atomic mass is 9.86. The summed E-state index contributed by atoms with van der Waals surface area (Å²) < 4.78 is 0.465. The highest BCUT2D eigenvalue weighted by Crippen LogP contribution is 2.36. The van der Waals surface area contributed by atoms with Gasteiger partial charge in [0.2, 0.25) is 5.84 Å². The molecular weight excluding hydrogens is 466 g/mol. The Morgan fingerprint density at radius 3 is 2.37 bits per heavy atom. The van der Waals surface area contributed by atoms with Crippen molar-refractivity contribution < 1.29 is 14.9 Å². The second kappa shape index (κ2) is 9.18. The summed E-state index contributed by atoms with van der Waals surface area (Å²) in [6.07, 6.45) is 0. The molecule has 30 heavy (non-hydrogen) atoms. The van der Waals surface area contributed by atoms with Crippen LogP contribution in [0.1, 0.15) is 46.9 Å². The third-order valence-corrected chi connectivity index (χ3v) is 6.18. The molecule has 0 aliphatic rings. The van der Waals surface area contributed by atoms with Crippen molar-refractivity contribution in [2.45, 2.75) is 33.7 Å². The third kappa shape index (κ3) is 5.40. The van der Waals surface area contributed by atoms with Crippen LogP contribution in [0.4, 0.5) is 5.69 Å². The summed E-state index contributed by atoms with van der Waals surface area (Å²) in [7, 11) is 3.21. The molecule has 0 unspecified atom stereocenters. The van der Waals surface area contributed by atoms with Crippen LogP contribution in [-0.2, 0) is 0 Å². The number of nitrogens with zero attached hydrogens (tertiary/aromatic N) is 2. The van der Waals surface area contributed by atoms with E-state index in [1.54, 1.807) is 37.6 Å². The number of nitrogens with one attached hydrogen (secondary N) is 1. The van der Waals surface area contributed by atoms with Gasteiger partial charge < -0.3 is 15.7 Å². The molecule has 1 amide bonds. The molecule has 0 aliphatic carbocycles. The smallest absolute Gasteiger partial charge is 0.309 e. The Morgan fingerprint density at radius 1 is 1.23 bits per heavy atom. The maximum Gasteiger partial charge on any atom is 0.309 e. The van der Waals surface area contributed by atoms with Crippen LogP contribution in [-0.4, -0.2) is 41.7 Å². The zero-order valence-electron chi connectivity index (χ0n) is 18.1. The maximum atomic E-state index is 12.4. The first-order chi connectivity index (χ1) is 13.8. The molecule has 1 atom stereocenters. The molecule has 0 fully saturated rings. The van der Waals surface area contributed by atoms with Gasteiger partial charge in [0.25, 0.3) is 5.91 Å². The highest BCUT2D eigenvalue weighted by molar-refractivity contribution is 9.10. The minimum Gasteiger partial charge on any atom is -0.505 e. The predicted octanol–water partition coefficient (Wildman–Crippen LogP) is 2.44. The number of rotatable bonds is 4. The lowest BCUT2D eigenvalue weighted by Gasteiger charge is -2.24. The van der Waals surface area contributed by atoms with E-state index < -0.39 is 0 Å². The van der Waals surface area contributed by atoms with E-state index in [9.17, 15) is 9.90 Å². The number of hydrogen-bond acceptors (Lipinski definition) is 4.